The zero-order chi connectivity index (χ0) is 19.6. The first kappa shape index (κ1) is 19.6. The Morgan fingerprint density at radius 2 is 1.96 bits per heavy atom. The van der Waals surface area contributed by atoms with Crippen LogP contribution < -0.4 is 5.32 Å². The summed E-state index contributed by atoms with van der Waals surface area (Å²) < 4.78 is 5.22. The molecule has 27 heavy (non-hydrogen) atoms. The zero-order valence-electron chi connectivity index (χ0n) is 15.6. The van der Waals surface area contributed by atoms with Crippen molar-refractivity contribution in [2.24, 2.45) is 17.8 Å². The Balaban J connectivity index is 1.89. The molecule has 1 amide bonds. The van der Waals surface area contributed by atoms with Gasteiger partial charge in [0, 0.05) is 4.88 Å². The minimum absolute atomic E-state index is 0.266. The van der Waals surface area contributed by atoms with Crippen LogP contribution in [-0.2, 0) is 27.2 Å². The van der Waals surface area contributed by atoms with E-state index in [9.17, 15) is 19.5 Å². The lowest BCUT2D eigenvalue weighted by Gasteiger charge is -2.24. The fourth-order valence-corrected chi connectivity index (χ4v) is 5.24. The fourth-order valence-electron chi connectivity index (χ4n) is 3.84. The van der Waals surface area contributed by atoms with E-state index < -0.39 is 23.8 Å². The number of thiophene rings is 1. The average molecular weight is 391 g/mol. The SMILES string of the molecule is CCOC(=O)c1c(NC(=O)[C@H]2CC=CC[C@H]2C(=O)O)sc2c1CC[C@@H](C)C2. The van der Waals surface area contributed by atoms with E-state index in [0.29, 0.717) is 29.3 Å². The summed E-state index contributed by atoms with van der Waals surface area (Å²) in [7, 11) is 0. The van der Waals surface area contributed by atoms with Gasteiger partial charge in [0.25, 0.3) is 0 Å². The van der Waals surface area contributed by atoms with Gasteiger partial charge >= 0.3 is 11.9 Å². The molecule has 6 nitrogen and oxygen atoms in total. The van der Waals surface area contributed by atoms with Crippen molar-refractivity contribution < 1.29 is 24.2 Å². The number of hydrogen-bond donors (Lipinski definition) is 2. The molecule has 146 valence electrons. The molecular formula is C20H25NO5S. The van der Waals surface area contributed by atoms with Gasteiger partial charge in [-0.2, -0.15) is 0 Å². The highest BCUT2D eigenvalue weighted by molar-refractivity contribution is 7.17. The molecule has 0 saturated heterocycles. The number of rotatable bonds is 5. The van der Waals surface area contributed by atoms with Crippen LogP contribution in [0, 0.1) is 17.8 Å². The number of carbonyl (C=O) groups is 3. The van der Waals surface area contributed by atoms with Crippen LogP contribution in [-0.4, -0.2) is 29.6 Å². The van der Waals surface area contributed by atoms with Gasteiger partial charge in [-0.05, 0) is 50.5 Å². The number of fused-ring (bicyclic) bond motifs is 1. The second-order valence-corrected chi connectivity index (χ2v) is 8.36. The van der Waals surface area contributed by atoms with Crippen LogP contribution in [0.4, 0.5) is 5.00 Å². The fraction of sp³-hybridized carbons (Fsp3) is 0.550. The summed E-state index contributed by atoms with van der Waals surface area (Å²) in [6, 6.07) is 0. The number of aliphatic carboxylic acids is 1. The maximum atomic E-state index is 12.8. The van der Waals surface area contributed by atoms with Crippen LogP contribution in [0.25, 0.3) is 0 Å². The maximum Gasteiger partial charge on any atom is 0.341 e. The van der Waals surface area contributed by atoms with Gasteiger partial charge in [-0.1, -0.05) is 19.1 Å². The molecule has 0 saturated carbocycles. The lowest BCUT2D eigenvalue weighted by molar-refractivity contribution is -0.146. The Labute approximate surface area is 162 Å². The summed E-state index contributed by atoms with van der Waals surface area (Å²) in [5, 5.41) is 12.8. The van der Waals surface area contributed by atoms with Gasteiger partial charge in [-0.15, -0.1) is 11.3 Å². The van der Waals surface area contributed by atoms with E-state index in [1.807, 2.05) is 6.08 Å². The van der Waals surface area contributed by atoms with Crippen LogP contribution in [0.5, 0.6) is 0 Å². The van der Waals surface area contributed by atoms with Crippen molar-refractivity contribution in [1.82, 2.24) is 0 Å². The quantitative estimate of drug-likeness (QED) is 0.590. The molecule has 2 aliphatic carbocycles. The number of carbonyl (C=O) groups excluding carboxylic acids is 2. The van der Waals surface area contributed by atoms with Crippen molar-refractivity contribution in [2.45, 2.75) is 46.0 Å². The standard InChI is InChI=1S/C20H25NO5S/c1-3-26-20(25)16-14-9-8-11(2)10-15(14)27-18(16)21-17(22)12-6-4-5-7-13(12)19(23)24/h4-5,11-13H,3,6-10H2,1-2H3,(H,21,22)(H,23,24)/t11-,12+,13-/m1/s1. The summed E-state index contributed by atoms with van der Waals surface area (Å²) >= 11 is 1.42. The number of amides is 1. The Kier molecular flexibility index (Phi) is 5.99. The van der Waals surface area contributed by atoms with E-state index in [1.165, 1.54) is 11.3 Å². The summed E-state index contributed by atoms with van der Waals surface area (Å²) in [5.74, 6) is -2.57. The molecule has 0 aliphatic heterocycles. The minimum atomic E-state index is -0.968. The predicted molar refractivity (Wildman–Crippen MR) is 103 cm³/mol. The smallest absolute Gasteiger partial charge is 0.341 e. The second-order valence-electron chi connectivity index (χ2n) is 7.26. The number of anilines is 1. The topological polar surface area (TPSA) is 92.7 Å². The van der Waals surface area contributed by atoms with Crippen molar-refractivity contribution >= 4 is 34.2 Å². The van der Waals surface area contributed by atoms with Gasteiger partial charge in [-0.25, -0.2) is 4.79 Å². The van der Waals surface area contributed by atoms with Crippen molar-refractivity contribution in [3.8, 4) is 0 Å². The Bertz CT molecular complexity index is 782. The normalized spacial score (nSPS) is 24.1. The summed E-state index contributed by atoms with van der Waals surface area (Å²) in [5.41, 5.74) is 1.43. The molecule has 1 aromatic heterocycles. The third-order valence-electron chi connectivity index (χ3n) is 5.31. The lowest BCUT2D eigenvalue weighted by atomic mass is 9.82. The van der Waals surface area contributed by atoms with Crippen LogP contribution in [0.15, 0.2) is 12.2 Å². The van der Waals surface area contributed by atoms with Crippen molar-refractivity contribution in [2.75, 3.05) is 11.9 Å². The molecule has 0 aromatic carbocycles. The number of ether oxygens (including phenoxy) is 1. The molecule has 1 aromatic rings. The van der Waals surface area contributed by atoms with Crippen LogP contribution in [0.2, 0.25) is 0 Å². The molecule has 2 N–H and O–H groups in total. The highest BCUT2D eigenvalue weighted by Gasteiger charge is 2.36. The highest BCUT2D eigenvalue weighted by Crippen LogP contribution is 2.40. The molecule has 7 heteroatoms. The van der Waals surface area contributed by atoms with E-state index >= 15 is 0 Å². The average Bonchev–Trinajstić information content (AvgIpc) is 2.98. The van der Waals surface area contributed by atoms with Crippen LogP contribution in [0.1, 0.15) is 53.9 Å². The van der Waals surface area contributed by atoms with E-state index in [4.69, 9.17) is 4.74 Å². The monoisotopic (exact) mass is 391 g/mol. The summed E-state index contributed by atoms with van der Waals surface area (Å²) in [6.07, 6.45) is 7.05. The van der Waals surface area contributed by atoms with Crippen molar-refractivity contribution in [3.05, 3.63) is 28.2 Å². The van der Waals surface area contributed by atoms with Gasteiger partial charge in [0.2, 0.25) is 5.91 Å². The first-order chi connectivity index (χ1) is 12.9. The third-order valence-corrected chi connectivity index (χ3v) is 6.48. The number of esters is 1. The van der Waals surface area contributed by atoms with Gasteiger partial charge in [0.1, 0.15) is 5.00 Å². The van der Waals surface area contributed by atoms with Crippen molar-refractivity contribution in [3.63, 3.8) is 0 Å². The number of allylic oxidation sites excluding steroid dienone is 2. The Morgan fingerprint density at radius 1 is 1.26 bits per heavy atom. The largest absolute Gasteiger partial charge is 0.481 e. The van der Waals surface area contributed by atoms with Gasteiger partial charge in [-0.3, -0.25) is 9.59 Å². The van der Waals surface area contributed by atoms with E-state index in [-0.39, 0.29) is 12.5 Å². The number of carboxylic acid groups (broad SMARTS) is 1. The molecule has 0 spiro atoms. The first-order valence-corrected chi connectivity index (χ1v) is 10.2. The Morgan fingerprint density at radius 3 is 2.63 bits per heavy atom. The molecule has 2 aliphatic rings. The van der Waals surface area contributed by atoms with Gasteiger partial charge in [0.15, 0.2) is 0 Å². The molecule has 1 heterocycles. The van der Waals surface area contributed by atoms with Crippen LogP contribution >= 0.6 is 11.3 Å². The molecule has 0 bridgehead atoms. The molecule has 0 fully saturated rings. The second kappa shape index (κ2) is 8.25. The minimum Gasteiger partial charge on any atom is -0.481 e. The number of carboxylic acids is 1. The van der Waals surface area contributed by atoms with Gasteiger partial charge in [0.05, 0.1) is 24.0 Å². The third kappa shape index (κ3) is 4.08. The molecule has 3 rings (SSSR count). The first-order valence-electron chi connectivity index (χ1n) is 9.42. The van der Waals surface area contributed by atoms with E-state index in [1.54, 1.807) is 13.0 Å². The number of hydrogen-bond acceptors (Lipinski definition) is 5. The maximum absolute atomic E-state index is 12.8. The molecule has 3 atom stereocenters. The van der Waals surface area contributed by atoms with Gasteiger partial charge < -0.3 is 15.2 Å². The molecule has 0 unspecified atom stereocenters. The van der Waals surface area contributed by atoms with E-state index in [2.05, 4.69) is 12.2 Å². The van der Waals surface area contributed by atoms with Crippen molar-refractivity contribution in [1.29, 1.82) is 0 Å². The van der Waals surface area contributed by atoms with Crippen LogP contribution in [0.3, 0.4) is 0 Å². The highest BCUT2D eigenvalue weighted by atomic mass is 32.1. The lowest BCUT2D eigenvalue weighted by Crippen LogP contribution is -2.34. The molecule has 0 radical (unpaired) electrons. The molecular weight excluding hydrogens is 366 g/mol. The summed E-state index contributed by atoms with van der Waals surface area (Å²) in [6.45, 7) is 4.20. The predicted octanol–water partition coefficient (Wildman–Crippen LogP) is 3.66. The summed E-state index contributed by atoms with van der Waals surface area (Å²) in [4.78, 5) is 38.0. The zero-order valence-corrected chi connectivity index (χ0v) is 16.4. The van der Waals surface area contributed by atoms with E-state index in [0.717, 1.165) is 29.7 Å². The Hall–Kier alpha value is -2.15. The number of nitrogens with one attached hydrogen (secondary N) is 1.